The van der Waals surface area contributed by atoms with Gasteiger partial charge in [-0.2, -0.15) is 0 Å². The zero-order chi connectivity index (χ0) is 15.7. The lowest BCUT2D eigenvalue weighted by atomic mass is 9.80. The van der Waals surface area contributed by atoms with Crippen LogP contribution in [0.25, 0.3) is 11.4 Å². The Morgan fingerprint density at radius 1 is 0.864 bits per heavy atom. The molecule has 116 valence electrons. The summed E-state index contributed by atoms with van der Waals surface area (Å²) in [6.07, 6.45) is 9.34. The van der Waals surface area contributed by atoms with Gasteiger partial charge in [0.2, 0.25) is 0 Å². The molecule has 3 rings (SSSR count). The molecule has 1 fully saturated rings. The first kappa shape index (κ1) is 15.2. The normalized spacial score (nSPS) is 21.8. The number of aromatic nitrogens is 2. The summed E-state index contributed by atoms with van der Waals surface area (Å²) in [5, 5.41) is 0. The first-order chi connectivity index (χ1) is 10.5. The van der Waals surface area contributed by atoms with Crippen LogP contribution in [0.3, 0.4) is 0 Å². The summed E-state index contributed by atoms with van der Waals surface area (Å²) < 4.78 is 0. The van der Waals surface area contributed by atoms with Gasteiger partial charge >= 0.3 is 0 Å². The fourth-order valence-corrected chi connectivity index (χ4v) is 3.46. The maximum absolute atomic E-state index is 4.64. The van der Waals surface area contributed by atoms with E-state index in [-0.39, 0.29) is 0 Å². The summed E-state index contributed by atoms with van der Waals surface area (Å²) >= 11 is 0. The smallest absolute Gasteiger partial charge is 0.159 e. The maximum atomic E-state index is 4.64. The van der Waals surface area contributed by atoms with Crippen LogP contribution in [0, 0.1) is 26.7 Å². The monoisotopic (exact) mass is 294 g/mol. The predicted molar refractivity (Wildman–Crippen MR) is 92.1 cm³/mol. The van der Waals surface area contributed by atoms with Crippen molar-refractivity contribution in [1.82, 2.24) is 9.97 Å². The molecule has 1 aromatic heterocycles. The molecule has 0 unspecified atom stereocenters. The summed E-state index contributed by atoms with van der Waals surface area (Å²) in [6.45, 7) is 8.84. The van der Waals surface area contributed by atoms with Crippen LogP contribution in [-0.2, 0) is 0 Å². The summed E-state index contributed by atoms with van der Waals surface area (Å²) in [6, 6.07) is 4.39. The van der Waals surface area contributed by atoms with E-state index in [0.717, 1.165) is 17.3 Å². The summed E-state index contributed by atoms with van der Waals surface area (Å²) in [5.74, 6) is 2.39. The largest absolute Gasteiger partial charge is 0.236 e. The third kappa shape index (κ3) is 3.06. The fourth-order valence-electron chi connectivity index (χ4n) is 3.46. The van der Waals surface area contributed by atoms with Gasteiger partial charge in [-0.05, 0) is 79.8 Å². The molecule has 2 heteroatoms. The van der Waals surface area contributed by atoms with Crippen LogP contribution < -0.4 is 0 Å². The van der Waals surface area contributed by atoms with Crippen LogP contribution in [0.15, 0.2) is 24.5 Å². The first-order valence-corrected chi connectivity index (χ1v) is 8.44. The molecule has 0 saturated heterocycles. The molecule has 1 aliphatic rings. The highest BCUT2D eigenvalue weighted by Crippen LogP contribution is 2.35. The molecule has 1 aromatic carbocycles. The van der Waals surface area contributed by atoms with Gasteiger partial charge in [0.1, 0.15) is 0 Å². The Labute approximate surface area is 134 Å². The van der Waals surface area contributed by atoms with Gasteiger partial charge in [-0.25, -0.2) is 9.97 Å². The predicted octanol–water partition coefficient (Wildman–Crippen LogP) is 5.36. The average molecular weight is 294 g/mol. The molecule has 2 aromatic rings. The SMILES string of the molecule is Cc1cc(-c2ncc(C3CCC(C)CC3)cn2)cc(C)c1C. The molecule has 0 spiro atoms. The van der Waals surface area contributed by atoms with Crippen LogP contribution in [0.4, 0.5) is 0 Å². The third-order valence-corrected chi connectivity index (χ3v) is 5.34. The number of hydrogen-bond acceptors (Lipinski definition) is 2. The molecule has 0 bridgehead atoms. The third-order valence-electron chi connectivity index (χ3n) is 5.34. The Balaban J connectivity index is 1.82. The number of aryl methyl sites for hydroxylation is 2. The molecule has 22 heavy (non-hydrogen) atoms. The standard InChI is InChI=1S/C20H26N2/c1-13-5-7-17(8-6-13)19-11-21-20(22-12-19)18-9-14(2)16(4)15(3)10-18/h9-13,17H,5-8H2,1-4H3. The van der Waals surface area contributed by atoms with E-state index in [9.17, 15) is 0 Å². The molecule has 0 amide bonds. The van der Waals surface area contributed by atoms with Gasteiger partial charge in [-0.15, -0.1) is 0 Å². The summed E-state index contributed by atoms with van der Waals surface area (Å²) in [4.78, 5) is 9.29. The van der Waals surface area contributed by atoms with E-state index in [1.54, 1.807) is 0 Å². The van der Waals surface area contributed by atoms with Gasteiger partial charge in [0.05, 0.1) is 0 Å². The van der Waals surface area contributed by atoms with E-state index >= 15 is 0 Å². The van der Waals surface area contributed by atoms with Crippen LogP contribution >= 0.6 is 0 Å². The zero-order valence-electron chi connectivity index (χ0n) is 14.2. The van der Waals surface area contributed by atoms with Crippen molar-refractivity contribution in [2.24, 2.45) is 5.92 Å². The van der Waals surface area contributed by atoms with Crippen molar-refractivity contribution in [3.8, 4) is 11.4 Å². The van der Waals surface area contributed by atoms with Gasteiger partial charge < -0.3 is 0 Å². The zero-order valence-corrected chi connectivity index (χ0v) is 14.2. The Bertz CT molecular complexity index is 627. The number of hydrogen-bond donors (Lipinski definition) is 0. The van der Waals surface area contributed by atoms with Crippen molar-refractivity contribution < 1.29 is 0 Å². The number of benzene rings is 1. The Kier molecular flexibility index (Phi) is 4.28. The molecular weight excluding hydrogens is 268 g/mol. The molecule has 2 nitrogen and oxygen atoms in total. The quantitative estimate of drug-likeness (QED) is 0.745. The van der Waals surface area contributed by atoms with Crippen molar-refractivity contribution in [2.45, 2.75) is 59.3 Å². The summed E-state index contributed by atoms with van der Waals surface area (Å²) in [5.41, 5.74) is 6.42. The van der Waals surface area contributed by atoms with E-state index in [1.807, 2.05) is 12.4 Å². The van der Waals surface area contributed by atoms with Crippen molar-refractivity contribution in [3.63, 3.8) is 0 Å². The molecule has 1 saturated carbocycles. The van der Waals surface area contributed by atoms with Crippen molar-refractivity contribution >= 4 is 0 Å². The van der Waals surface area contributed by atoms with Crippen molar-refractivity contribution in [2.75, 3.05) is 0 Å². The van der Waals surface area contributed by atoms with Crippen LogP contribution in [0.1, 0.15) is 60.8 Å². The first-order valence-electron chi connectivity index (χ1n) is 8.44. The highest BCUT2D eigenvalue weighted by molar-refractivity contribution is 5.59. The number of rotatable bonds is 2. The minimum Gasteiger partial charge on any atom is -0.236 e. The lowest BCUT2D eigenvalue weighted by molar-refractivity contribution is 0.347. The molecule has 0 N–H and O–H groups in total. The Morgan fingerprint density at radius 3 is 1.95 bits per heavy atom. The lowest BCUT2D eigenvalue weighted by Crippen LogP contribution is -2.11. The van der Waals surface area contributed by atoms with E-state index in [2.05, 4.69) is 49.8 Å². The highest BCUT2D eigenvalue weighted by Gasteiger charge is 2.20. The van der Waals surface area contributed by atoms with Crippen LogP contribution in [0.2, 0.25) is 0 Å². The van der Waals surface area contributed by atoms with E-state index in [1.165, 1.54) is 47.9 Å². The molecule has 1 heterocycles. The average Bonchev–Trinajstić information content (AvgIpc) is 2.53. The maximum Gasteiger partial charge on any atom is 0.159 e. The molecule has 0 radical (unpaired) electrons. The second kappa shape index (κ2) is 6.20. The summed E-state index contributed by atoms with van der Waals surface area (Å²) in [7, 11) is 0. The van der Waals surface area contributed by atoms with Gasteiger partial charge in [0.15, 0.2) is 5.82 Å². The van der Waals surface area contributed by atoms with Crippen molar-refractivity contribution in [1.29, 1.82) is 0 Å². The topological polar surface area (TPSA) is 25.8 Å². The van der Waals surface area contributed by atoms with E-state index < -0.39 is 0 Å². The molecule has 0 atom stereocenters. The second-order valence-electron chi connectivity index (χ2n) is 7.03. The van der Waals surface area contributed by atoms with E-state index in [4.69, 9.17) is 0 Å². The van der Waals surface area contributed by atoms with Crippen LogP contribution in [0.5, 0.6) is 0 Å². The van der Waals surface area contributed by atoms with Gasteiger partial charge in [0, 0.05) is 18.0 Å². The lowest BCUT2D eigenvalue weighted by Gasteiger charge is -2.25. The molecule has 1 aliphatic carbocycles. The number of nitrogens with zero attached hydrogens (tertiary/aromatic N) is 2. The second-order valence-corrected chi connectivity index (χ2v) is 7.03. The Morgan fingerprint density at radius 2 is 1.41 bits per heavy atom. The van der Waals surface area contributed by atoms with Gasteiger partial charge in [-0.1, -0.05) is 19.8 Å². The van der Waals surface area contributed by atoms with Gasteiger partial charge in [0.25, 0.3) is 0 Å². The highest BCUT2D eigenvalue weighted by atomic mass is 14.9. The van der Waals surface area contributed by atoms with E-state index in [0.29, 0.717) is 5.92 Å². The molecular formula is C20H26N2. The molecule has 0 aliphatic heterocycles. The van der Waals surface area contributed by atoms with Crippen molar-refractivity contribution in [3.05, 3.63) is 46.8 Å². The van der Waals surface area contributed by atoms with Crippen LogP contribution in [-0.4, -0.2) is 9.97 Å². The minimum absolute atomic E-state index is 0.659. The minimum atomic E-state index is 0.659. The Hall–Kier alpha value is -1.70. The van der Waals surface area contributed by atoms with Gasteiger partial charge in [-0.3, -0.25) is 0 Å². The fraction of sp³-hybridized carbons (Fsp3) is 0.500.